The third-order valence-corrected chi connectivity index (χ3v) is 5.43. The molecule has 0 aliphatic carbocycles. The van der Waals surface area contributed by atoms with Crippen molar-refractivity contribution >= 4 is 15.9 Å². The topological polar surface area (TPSA) is 21.7 Å². The van der Waals surface area contributed by atoms with Crippen molar-refractivity contribution in [1.29, 1.82) is 0 Å². The third kappa shape index (κ3) is 4.60. The van der Waals surface area contributed by atoms with Crippen molar-refractivity contribution in [2.24, 2.45) is 0 Å². The zero-order valence-corrected chi connectivity index (χ0v) is 16.0. The molecular weight excluding hydrogens is 385 g/mol. The molecule has 3 rings (SSSR count). The van der Waals surface area contributed by atoms with E-state index in [2.05, 4.69) is 45.1 Å². The highest BCUT2D eigenvalue weighted by molar-refractivity contribution is 9.10. The Morgan fingerprint density at radius 3 is 2.72 bits per heavy atom. The Morgan fingerprint density at radius 2 is 2.04 bits per heavy atom. The predicted molar refractivity (Wildman–Crippen MR) is 100 cm³/mol. The summed E-state index contributed by atoms with van der Waals surface area (Å²) < 4.78 is 26.2. The number of ether oxygens (including phenoxy) is 2. The number of hydrogen-bond acceptors (Lipinski definition) is 3. The summed E-state index contributed by atoms with van der Waals surface area (Å²) in [5.74, 6) is -0.00983. The van der Waals surface area contributed by atoms with Crippen LogP contribution in [-0.4, -0.2) is 37.8 Å². The molecule has 0 saturated carbocycles. The normalized spacial score (nSPS) is 17.2. The van der Waals surface area contributed by atoms with Crippen molar-refractivity contribution < 1.29 is 13.9 Å². The van der Waals surface area contributed by atoms with Crippen LogP contribution in [0.15, 0.2) is 46.9 Å². The molecule has 2 aromatic carbocycles. The summed E-state index contributed by atoms with van der Waals surface area (Å²) in [6, 6.07) is 14.2. The first-order valence-corrected chi connectivity index (χ1v) is 9.35. The summed E-state index contributed by atoms with van der Waals surface area (Å²) in [7, 11) is 1.49. The lowest BCUT2D eigenvalue weighted by Crippen LogP contribution is -2.37. The molecule has 0 aromatic heterocycles. The van der Waals surface area contributed by atoms with E-state index in [4.69, 9.17) is 9.47 Å². The summed E-state index contributed by atoms with van der Waals surface area (Å²) in [5.41, 5.74) is 1.93. The number of benzene rings is 2. The molecule has 0 N–H and O–H groups in total. The van der Waals surface area contributed by atoms with Crippen molar-refractivity contribution in [3.63, 3.8) is 0 Å². The number of hydrogen-bond donors (Lipinski definition) is 0. The molecule has 0 spiro atoms. The molecule has 0 bridgehead atoms. The van der Waals surface area contributed by atoms with E-state index in [0.717, 1.165) is 30.5 Å². The maximum Gasteiger partial charge on any atom is 0.170 e. The van der Waals surface area contributed by atoms with E-state index in [1.54, 1.807) is 6.07 Å². The summed E-state index contributed by atoms with van der Waals surface area (Å²) in [5, 5.41) is 0. The monoisotopic (exact) mass is 407 g/mol. The average molecular weight is 408 g/mol. The van der Waals surface area contributed by atoms with E-state index < -0.39 is 0 Å². The minimum absolute atomic E-state index is 0.281. The summed E-state index contributed by atoms with van der Waals surface area (Å²) in [6.45, 7) is 2.87. The fraction of sp³-hybridized carbons (Fsp3) is 0.400. The molecule has 1 saturated heterocycles. The maximum atomic E-state index is 14.7. The van der Waals surface area contributed by atoms with Crippen LogP contribution in [0.2, 0.25) is 0 Å². The van der Waals surface area contributed by atoms with Gasteiger partial charge in [-0.2, -0.15) is 0 Å². The van der Waals surface area contributed by atoms with Gasteiger partial charge in [-0.1, -0.05) is 46.3 Å². The van der Waals surface area contributed by atoms with Crippen LogP contribution >= 0.6 is 15.9 Å². The average Bonchev–Trinajstić information content (AvgIpc) is 3.16. The largest absolute Gasteiger partial charge is 0.494 e. The van der Waals surface area contributed by atoms with E-state index in [9.17, 15) is 4.39 Å². The quantitative estimate of drug-likeness (QED) is 0.677. The van der Waals surface area contributed by atoms with Gasteiger partial charge in [0.25, 0.3) is 0 Å². The molecule has 0 radical (unpaired) electrons. The van der Waals surface area contributed by atoms with E-state index >= 15 is 0 Å². The van der Waals surface area contributed by atoms with E-state index in [0.29, 0.717) is 24.8 Å². The minimum atomic E-state index is -0.291. The summed E-state index contributed by atoms with van der Waals surface area (Å²) in [4.78, 5) is 2.32. The SMILES string of the molecule is COc1ccc(Br)c(CN(CCc2ccccc2)C2CCOC2)c1F. The molecule has 5 heteroatoms. The molecule has 1 aliphatic rings. The van der Waals surface area contributed by atoms with Crippen molar-refractivity contribution in [2.75, 3.05) is 26.9 Å². The van der Waals surface area contributed by atoms with Gasteiger partial charge in [-0.15, -0.1) is 0 Å². The van der Waals surface area contributed by atoms with Gasteiger partial charge in [0.2, 0.25) is 0 Å². The first kappa shape index (κ1) is 18.4. The Balaban J connectivity index is 1.78. The summed E-state index contributed by atoms with van der Waals surface area (Å²) >= 11 is 3.49. The van der Waals surface area contributed by atoms with Gasteiger partial charge in [-0.05, 0) is 30.5 Å². The van der Waals surface area contributed by atoms with Gasteiger partial charge in [0.05, 0.1) is 13.7 Å². The maximum absolute atomic E-state index is 14.7. The summed E-state index contributed by atoms with van der Waals surface area (Å²) in [6.07, 6.45) is 1.92. The Labute approximate surface area is 156 Å². The Morgan fingerprint density at radius 1 is 1.24 bits per heavy atom. The molecule has 1 heterocycles. The Kier molecular flexibility index (Phi) is 6.45. The van der Waals surface area contributed by atoms with Crippen LogP contribution in [0, 0.1) is 5.82 Å². The van der Waals surface area contributed by atoms with E-state index in [1.165, 1.54) is 12.7 Å². The van der Waals surface area contributed by atoms with Gasteiger partial charge in [0, 0.05) is 35.8 Å². The second-order valence-corrected chi connectivity index (χ2v) is 7.12. The second kappa shape index (κ2) is 8.79. The number of halogens is 2. The molecule has 1 unspecified atom stereocenters. The van der Waals surface area contributed by atoms with Gasteiger partial charge in [-0.3, -0.25) is 4.90 Å². The van der Waals surface area contributed by atoms with Gasteiger partial charge in [-0.25, -0.2) is 4.39 Å². The standard InChI is InChI=1S/C20H23BrFNO2/c1-24-19-8-7-18(21)17(20(19)22)13-23(16-10-12-25-14-16)11-9-15-5-3-2-4-6-15/h2-8,16H,9-14H2,1H3. The van der Waals surface area contributed by atoms with Gasteiger partial charge in [0.15, 0.2) is 11.6 Å². The smallest absolute Gasteiger partial charge is 0.170 e. The van der Waals surface area contributed by atoms with Crippen LogP contribution in [0.4, 0.5) is 4.39 Å². The van der Waals surface area contributed by atoms with Crippen LogP contribution < -0.4 is 4.74 Å². The molecule has 1 fully saturated rings. The Bertz CT molecular complexity index is 690. The number of nitrogens with zero attached hydrogens (tertiary/aromatic N) is 1. The van der Waals surface area contributed by atoms with Gasteiger partial charge < -0.3 is 9.47 Å². The van der Waals surface area contributed by atoms with Crippen LogP contribution in [0.3, 0.4) is 0 Å². The minimum Gasteiger partial charge on any atom is -0.494 e. The molecule has 1 atom stereocenters. The van der Waals surface area contributed by atoms with Crippen molar-refractivity contribution in [1.82, 2.24) is 4.90 Å². The highest BCUT2D eigenvalue weighted by Gasteiger charge is 2.25. The highest BCUT2D eigenvalue weighted by atomic mass is 79.9. The number of methoxy groups -OCH3 is 1. The highest BCUT2D eigenvalue weighted by Crippen LogP contribution is 2.30. The molecule has 2 aromatic rings. The fourth-order valence-electron chi connectivity index (χ4n) is 3.20. The number of rotatable bonds is 7. The molecule has 0 amide bonds. The van der Waals surface area contributed by atoms with Crippen LogP contribution in [0.5, 0.6) is 5.75 Å². The lowest BCUT2D eigenvalue weighted by molar-refractivity contribution is 0.138. The van der Waals surface area contributed by atoms with Gasteiger partial charge in [0.1, 0.15) is 0 Å². The van der Waals surface area contributed by atoms with E-state index in [-0.39, 0.29) is 11.6 Å². The lowest BCUT2D eigenvalue weighted by atomic mass is 10.1. The molecule has 25 heavy (non-hydrogen) atoms. The first-order chi connectivity index (χ1) is 12.2. The zero-order chi connectivity index (χ0) is 17.6. The second-order valence-electron chi connectivity index (χ2n) is 6.27. The van der Waals surface area contributed by atoms with Gasteiger partial charge >= 0.3 is 0 Å². The molecule has 3 nitrogen and oxygen atoms in total. The molecular formula is C20H23BrFNO2. The molecule has 134 valence electrons. The van der Waals surface area contributed by atoms with Crippen molar-refractivity contribution in [2.45, 2.75) is 25.4 Å². The fourth-order valence-corrected chi connectivity index (χ4v) is 3.63. The van der Waals surface area contributed by atoms with E-state index in [1.807, 2.05) is 12.1 Å². The predicted octanol–water partition coefficient (Wildman–Crippen LogP) is 4.43. The van der Waals surface area contributed by atoms with Crippen LogP contribution in [0.25, 0.3) is 0 Å². The third-order valence-electron chi connectivity index (χ3n) is 4.68. The van der Waals surface area contributed by atoms with Crippen LogP contribution in [0.1, 0.15) is 17.5 Å². The molecule has 1 aliphatic heterocycles. The zero-order valence-electron chi connectivity index (χ0n) is 14.4. The lowest BCUT2D eigenvalue weighted by Gasteiger charge is -2.28. The Hall–Kier alpha value is -1.43. The van der Waals surface area contributed by atoms with Crippen LogP contribution in [-0.2, 0) is 17.7 Å². The van der Waals surface area contributed by atoms with Crippen molar-refractivity contribution in [3.05, 3.63) is 63.9 Å². The first-order valence-electron chi connectivity index (χ1n) is 8.55. The van der Waals surface area contributed by atoms with Crippen molar-refractivity contribution in [3.8, 4) is 5.75 Å².